The molecule has 10 heteroatoms. The van der Waals surface area contributed by atoms with E-state index in [1.165, 1.54) is 31.8 Å². The fraction of sp³-hybridized carbons (Fsp3) is 0.130. The van der Waals surface area contributed by atoms with Crippen LogP contribution in [0.4, 0.5) is 0 Å². The van der Waals surface area contributed by atoms with Gasteiger partial charge in [0.1, 0.15) is 10.8 Å². The number of sulfonamides is 1. The van der Waals surface area contributed by atoms with E-state index in [-0.39, 0.29) is 16.6 Å². The fourth-order valence-corrected chi connectivity index (χ4v) is 3.77. The summed E-state index contributed by atoms with van der Waals surface area (Å²) in [5.41, 5.74) is 3.11. The molecule has 3 aromatic rings. The van der Waals surface area contributed by atoms with Crippen molar-refractivity contribution in [1.29, 1.82) is 0 Å². The Kier molecular flexibility index (Phi) is 7.77. The van der Waals surface area contributed by atoms with Gasteiger partial charge >= 0.3 is 5.97 Å². The lowest BCUT2D eigenvalue weighted by molar-refractivity contribution is 0.0594. The number of hydrazone groups is 1. The maximum atomic E-state index is 12.3. The Morgan fingerprint density at radius 2 is 1.85 bits per heavy atom. The average Bonchev–Trinajstić information content (AvgIpc) is 2.79. The van der Waals surface area contributed by atoms with Crippen molar-refractivity contribution in [2.75, 3.05) is 7.11 Å². The molecule has 1 N–H and O–H groups in total. The monoisotopic (exact) mass is 482 g/mol. The number of carbonyl (C=O) groups is 1. The van der Waals surface area contributed by atoms with Gasteiger partial charge in [0.15, 0.2) is 0 Å². The maximum absolute atomic E-state index is 12.3. The smallest absolute Gasteiger partial charge is 0.356 e. The van der Waals surface area contributed by atoms with Crippen molar-refractivity contribution in [3.8, 4) is 11.8 Å². The summed E-state index contributed by atoms with van der Waals surface area (Å²) >= 11 is 5.98. The number of rotatable bonds is 6. The largest absolute Gasteiger partial charge is 0.464 e. The minimum Gasteiger partial charge on any atom is -0.464 e. The number of methoxy groups -OCH3 is 1. The highest BCUT2D eigenvalue weighted by Gasteiger charge is 2.10. The van der Waals surface area contributed by atoms with Gasteiger partial charge in [-0.15, -0.1) is 0 Å². The van der Waals surface area contributed by atoms with Crippen LogP contribution in [0.1, 0.15) is 38.3 Å². The standard InChI is InChI=1S/C23H19ClN4O4S/c1-16-10-21(23(29)32-2)25-12-18(16)8-9-19-13-26-22(24)11-20(19)14-27-28-33(30,31)15-17-6-4-3-5-7-17/h3-7,10-14,28H,15H2,1-2H3/b27-14+. The number of esters is 1. The Labute approximate surface area is 196 Å². The number of carbonyl (C=O) groups excluding carboxylic acids is 1. The Balaban J connectivity index is 1.80. The summed E-state index contributed by atoms with van der Waals surface area (Å²) in [6.45, 7) is 1.79. The number of aryl methyl sites for hydroxylation is 1. The highest BCUT2D eigenvalue weighted by atomic mass is 35.5. The third-order valence-corrected chi connectivity index (χ3v) is 5.64. The molecule has 0 aliphatic carbocycles. The van der Waals surface area contributed by atoms with Crippen LogP contribution in [-0.4, -0.2) is 37.7 Å². The van der Waals surface area contributed by atoms with E-state index in [9.17, 15) is 13.2 Å². The molecule has 3 rings (SSSR count). The molecule has 0 fully saturated rings. The predicted octanol–water partition coefficient (Wildman–Crippen LogP) is 3.08. The highest BCUT2D eigenvalue weighted by Crippen LogP contribution is 2.12. The second-order valence-electron chi connectivity index (χ2n) is 6.81. The average molecular weight is 483 g/mol. The number of ether oxygens (including phenoxy) is 1. The van der Waals surface area contributed by atoms with Crippen molar-refractivity contribution < 1.29 is 17.9 Å². The molecule has 2 aromatic heterocycles. The van der Waals surface area contributed by atoms with E-state index in [1.807, 2.05) is 6.07 Å². The summed E-state index contributed by atoms with van der Waals surface area (Å²) in [4.78, 5) is 21.9. The van der Waals surface area contributed by atoms with Gasteiger partial charge in [0.05, 0.1) is 24.6 Å². The first-order valence-electron chi connectivity index (χ1n) is 9.56. The van der Waals surface area contributed by atoms with Crippen LogP contribution in [0.15, 0.2) is 60.0 Å². The first-order chi connectivity index (χ1) is 15.8. The molecule has 33 heavy (non-hydrogen) atoms. The van der Waals surface area contributed by atoms with E-state index in [2.05, 4.69) is 36.5 Å². The number of nitrogens with zero attached hydrogens (tertiary/aromatic N) is 3. The second-order valence-corrected chi connectivity index (χ2v) is 8.90. The van der Waals surface area contributed by atoms with Crippen molar-refractivity contribution in [2.24, 2.45) is 5.10 Å². The van der Waals surface area contributed by atoms with Crippen molar-refractivity contribution in [3.05, 3.63) is 93.5 Å². The number of nitrogens with one attached hydrogen (secondary N) is 1. The first-order valence-corrected chi connectivity index (χ1v) is 11.6. The third-order valence-electron chi connectivity index (χ3n) is 4.33. The van der Waals surface area contributed by atoms with Crippen LogP contribution in [0.2, 0.25) is 5.15 Å². The molecule has 0 aliphatic rings. The molecular weight excluding hydrogens is 464 g/mol. The van der Waals surface area contributed by atoms with E-state index in [4.69, 9.17) is 11.6 Å². The van der Waals surface area contributed by atoms with Crippen molar-refractivity contribution >= 4 is 33.8 Å². The molecule has 0 unspecified atom stereocenters. The molecule has 168 valence electrons. The maximum Gasteiger partial charge on any atom is 0.356 e. The van der Waals surface area contributed by atoms with Gasteiger partial charge in [-0.3, -0.25) is 0 Å². The topological polar surface area (TPSA) is 111 Å². The zero-order valence-electron chi connectivity index (χ0n) is 17.7. The van der Waals surface area contributed by atoms with E-state index in [0.717, 1.165) is 5.56 Å². The van der Waals surface area contributed by atoms with E-state index in [1.54, 1.807) is 37.3 Å². The molecule has 0 spiro atoms. The number of hydrogen-bond donors (Lipinski definition) is 1. The Bertz CT molecular complexity index is 1360. The third kappa shape index (κ3) is 6.87. The molecular formula is C23H19ClN4O4S. The Morgan fingerprint density at radius 1 is 1.15 bits per heavy atom. The van der Waals surface area contributed by atoms with Gasteiger partial charge in [-0.2, -0.15) is 5.10 Å². The zero-order valence-corrected chi connectivity index (χ0v) is 19.3. The lowest BCUT2D eigenvalue weighted by atomic mass is 10.1. The SMILES string of the molecule is COC(=O)c1cc(C)c(C#Cc2cnc(Cl)cc2/C=N/NS(=O)(=O)Cc2ccccc2)cn1. The highest BCUT2D eigenvalue weighted by molar-refractivity contribution is 7.88. The minimum atomic E-state index is -3.68. The summed E-state index contributed by atoms with van der Waals surface area (Å²) in [6.07, 6.45) is 4.25. The van der Waals surface area contributed by atoms with Crippen molar-refractivity contribution in [1.82, 2.24) is 14.8 Å². The molecule has 1 aromatic carbocycles. The van der Waals surface area contributed by atoms with Crippen LogP contribution in [-0.2, 0) is 20.5 Å². The first kappa shape index (κ1) is 23.9. The molecule has 0 saturated heterocycles. The van der Waals surface area contributed by atoms with Gasteiger partial charge in [0.2, 0.25) is 0 Å². The normalized spacial score (nSPS) is 11.0. The van der Waals surface area contributed by atoms with Crippen LogP contribution in [0.3, 0.4) is 0 Å². The fourth-order valence-electron chi connectivity index (χ4n) is 2.70. The lowest BCUT2D eigenvalue weighted by Gasteiger charge is -2.04. The quantitative estimate of drug-likeness (QED) is 0.190. The van der Waals surface area contributed by atoms with Crippen LogP contribution in [0, 0.1) is 18.8 Å². The summed E-state index contributed by atoms with van der Waals surface area (Å²) in [5, 5.41) is 4.05. The number of aromatic nitrogens is 2. The predicted molar refractivity (Wildman–Crippen MR) is 125 cm³/mol. The lowest BCUT2D eigenvalue weighted by Crippen LogP contribution is -2.20. The molecule has 0 bridgehead atoms. The van der Waals surface area contributed by atoms with Crippen LogP contribution < -0.4 is 4.83 Å². The molecule has 2 heterocycles. The van der Waals surface area contributed by atoms with Gasteiger partial charge in [0, 0.05) is 23.5 Å². The summed E-state index contributed by atoms with van der Waals surface area (Å²) < 4.78 is 29.2. The van der Waals surface area contributed by atoms with Crippen LogP contribution >= 0.6 is 11.6 Å². The van der Waals surface area contributed by atoms with Crippen molar-refractivity contribution in [2.45, 2.75) is 12.7 Å². The number of hydrogen-bond acceptors (Lipinski definition) is 7. The van der Waals surface area contributed by atoms with Gasteiger partial charge in [-0.05, 0) is 30.2 Å². The summed E-state index contributed by atoms with van der Waals surface area (Å²) in [7, 11) is -2.40. The van der Waals surface area contributed by atoms with E-state index in [0.29, 0.717) is 22.3 Å². The van der Waals surface area contributed by atoms with E-state index >= 15 is 0 Å². The van der Waals surface area contributed by atoms with Crippen LogP contribution in [0.25, 0.3) is 0 Å². The Hall–Kier alpha value is -3.74. The zero-order chi connectivity index (χ0) is 23.8. The number of halogens is 1. The van der Waals surface area contributed by atoms with Crippen molar-refractivity contribution in [3.63, 3.8) is 0 Å². The Morgan fingerprint density at radius 3 is 2.55 bits per heavy atom. The minimum absolute atomic E-state index is 0.185. The molecule has 0 radical (unpaired) electrons. The van der Waals surface area contributed by atoms with Gasteiger partial charge in [0.25, 0.3) is 10.0 Å². The summed E-state index contributed by atoms with van der Waals surface area (Å²) in [5.74, 6) is 5.18. The summed E-state index contributed by atoms with van der Waals surface area (Å²) in [6, 6.07) is 11.9. The van der Waals surface area contributed by atoms with Gasteiger partial charge in [-0.25, -0.2) is 28.0 Å². The van der Waals surface area contributed by atoms with Gasteiger partial charge in [-0.1, -0.05) is 53.8 Å². The molecule has 0 aliphatic heterocycles. The number of pyridine rings is 2. The molecule has 0 atom stereocenters. The number of benzene rings is 1. The van der Waals surface area contributed by atoms with E-state index < -0.39 is 16.0 Å². The second kappa shape index (κ2) is 10.7. The molecule has 0 amide bonds. The molecule has 8 nitrogen and oxygen atoms in total. The van der Waals surface area contributed by atoms with Gasteiger partial charge < -0.3 is 4.74 Å². The van der Waals surface area contributed by atoms with Crippen LogP contribution in [0.5, 0.6) is 0 Å². The molecule has 0 saturated carbocycles.